The van der Waals surface area contributed by atoms with Gasteiger partial charge in [-0.2, -0.15) is 0 Å². The molecule has 1 N–H and O–H groups in total. The van der Waals surface area contributed by atoms with Crippen LogP contribution in [0.1, 0.15) is 106 Å². The molecular formula is C31H50O3. The molecule has 3 heteroatoms. The average Bonchev–Trinajstić information content (AvgIpc) is 3.18. The summed E-state index contributed by atoms with van der Waals surface area (Å²) in [6.07, 6.45) is 14.6. The Morgan fingerprint density at radius 2 is 1.68 bits per heavy atom. The normalized spacial score (nSPS) is 51.3. The molecule has 34 heavy (non-hydrogen) atoms. The smallest absolute Gasteiger partial charge is 0.302 e. The van der Waals surface area contributed by atoms with E-state index >= 15 is 0 Å². The molecule has 0 amide bonds. The lowest BCUT2D eigenvalue weighted by molar-refractivity contribution is -0.181. The van der Waals surface area contributed by atoms with Gasteiger partial charge in [0.15, 0.2) is 0 Å². The molecule has 0 aromatic carbocycles. The lowest BCUT2D eigenvalue weighted by atomic mass is 9.41. The number of rotatable bonds is 6. The van der Waals surface area contributed by atoms with Crippen molar-refractivity contribution in [1.29, 1.82) is 0 Å². The number of esters is 1. The molecule has 0 saturated heterocycles. The maximum Gasteiger partial charge on any atom is 0.302 e. The third-order valence-corrected chi connectivity index (χ3v) is 13.6. The highest BCUT2D eigenvalue weighted by Crippen LogP contribution is 2.91. The number of aliphatic hydroxyl groups excluding tert-OH is 1. The van der Waals surface area contributed by atoms with Crippen LogP contribution in [0.3, 0.4) is 0 Å². The van der Waals surface area contributed by atoms with Gasteiger partial charge in [-0.25, -0.2) is 0 Å². The summed E-state index contributed by atoms with van der Waals surface area (Å²) >= 11 is 0. The van der Waals surface area contributed by atoms with Crippen molar-refractivity contribution in [3.8, 4) is 0 Å². The van der Waals surface area contributed by atoms with E-state index < -0.39 is 0 Å². The largest absolute Gasteiger partial charge is 0.462 e. The van der Waals surface area contributed by atoms with Crippen molar-refractivity contribution in [3.05, 3.63) is 12.7 Å². The fraction of sp³-hybridized carbons (Fsp3) is 0.903. The van der Waals surface area contributed by atoms with Crippen LogP contribution in [0, 0.1) is 56.7 Å². The fourth-order valence-corrected chi connectivity index (χ4v) is 12.0. The number of hydrogen-bond acceptors (Lipinski definition) is 3. The molecule has 5 fully saturated rings. The molecule has 2 spiro atoms. The van der Waals surface area contributed by atoms with Crippen molar-refractivity contribution in [2.75, 3.05) is 6.61 Å². The lowest BCUT2D eigenvalue weighted by Gasteiger charge is -2.63. The summed E-state index contributed by atoms with van der Waals surface area (Å²) in [6.45, 7) is 18.8. The Labute approximate surface area is 208 Å². The molecule has 5 aliphatic rings. The number of carbonyl (C=O) groups is 1. The van der Waals surface area contributed by atoms with Crippen molar-refractivity contribution in [2.45, 2.75) is 112 Å². The quantitative estimate of drug-likeness (QED) is 0.330. The summed E-state index contributed by atoms with van der Waals surface area (Å²) in [6, 6.07) is 0. The van der Waals surface area contributed by atoms with E-state index in [9.17, 15) is 9.90 Å². The van der Waals surface area contributed by atoms with Gasteiger partial charge in [0.1, 0.15) is 6.10 Å². The van der Waals surface area contributed by atoms with Crippen LogP contribution in [0.15, 0.2) is 12.7 Å². The Morgan fingerprint density at radius 1 is 1.00 bits per heavy atom. The monoisotopic (exact) mass is 470 g/mol. The molecule has 0 radical (unpaired) electrons. The number of allylic oxidation sites excluding steroid dienone is 1. The number of carbonyl (C=O) groups excluding carboxylic acids is 1. The van der Waals surface area contributed by atoms with Gasteiger partial charge < -0.3 is 9.84 Å². The summed E-state index contributed by atoms with van der Waals surface area (Å²) in [7, 11) is 0. The topological polar surface area (TPSA) is 46.5 Å². The maximum absolute atomic E-state index is 11.9. The van der Waals surface area contributed by atoms with Crippen molar-refractivity contribution in [3.63, 3.8) is 0 Å². The minimum Gasteiger partial charge on any atom is -0.462 e. The lowest BCUT2D eigenvalue weighted by Crippen LogP contribution is -2.58. The maximum atomic E-state index is 11.9. The summed E-state index contributed by atoms with van der Waals surface area (Å²) in [4.78, 5) is 11.9. The number of aliphatic hydroxyl groups is 1. The molecule has 0 unspecified atom stereocenters. The molecule has 10 atom stereocenters. The van der Waals surface area contributed by atoms with E-state index in [1.165, 1.54) is 44.9 Å². The van der Waals surface area contributed by atoms with Crippen LogP contribution in [0.25, 0.3) is 0 Å². The molecule has 0 bridgehead atoms. The standard InChI is InChI=1S/C31H50O3/c1-8-22(10-9-19-32)23-13-15-29(7)25-12-11-24-27(4,5)26(34-21(3)33)14-16-30(24)20(2)31(25,30)18-17-28(23,29)6/h8,20,22-26,32H,1,9-19H2,2-7H3/t20-,22-,23-,24+,25+,26+,28-,29+,30-,31+/m1/s1. The van der Waals surface area contributed by atoms with Crippen LogP contribution in [-0.4, -0.2) is 23.8 Å². The van der Waals surface area contributed by atoms with Gasteiger partial charge in [-0.05, 0) is 115 Å². The van der Waals surface area contributed by atoms with E-state index in [0.29, 0.717) is 46.0 Å². The van der Waals surface area contributed by atoms with E-state index in [2.05, 4.69) is 47.3 Å². The van der Waals surface area contributed by atoms with E-state index in [0.717, 1.165) is 31.1 Å². The highest BCUT2D eigenvalue weighted by molar-refractivity contribution is 5.66. The van der Waals surface area contributed by atoms with Gasteiger partial charge in [0.2, 0.25) is 0 Å². The average molecular weight is 471 g/mol. The van der Waals surface area contributed by atoms with E-state index in [1.54, 1.807) is 6.92 Å². The Kier molecular flexibility index (Phi) is 5.72. The molecule has 3 nitrogen and oxygen atoms in total. The van der Waals surface area contributed by atoms with E-state index in [-0.39, 0.29) is 17.5 Å². The molecule has 192 valence electrons. The molecule has 0 aromatic heterocycles. The highest BCUT2D eigenvalue weighted by Gasteiger charge is 2.86. The van der Waals surface area contributed by atoms with Crippen LogP contribution >= 0.6 is 0 Å². The zero-order chi connectivity index (χ0) is 24.7. The first-order chi connectivity index (χ1) is 16.0. The Hall–Kier alpha value is -0.830. The Bertz CT molecular complexity index is 848. The predicted molar refractivity (Wildman–Crippen MR) is 137 cm³/mol. The van der Waals surface area contributed by atoms with Crippen molar-refractivity contribution >= 4 is 5.97 Å². The van der Waals surface area contributed by atoms with Gasteiger partial charge in [-0.3, -0.25) is 4.79 Å². The zero-order valence-corrected chi connectivity index (χ0v) is 22.8. The number of fused-ring (bicyclic) bond motifs is 2. The first-order valence-electron chi connectivity index (χ1n) is 14.4. The van der Waals surface area contributed by atoms with Gasteiger partial charge in [0, 0.05) is 18.9 Å². The Morgan fingerprint density at radius 3 is 2.32 bits per heavy atom. The molecule has 0 aromatic rings. The van der Waals surface area contributed by atoms with E-state index in [4.69, 9.17) is 4.74 Å². The first-order valence-corrected chi connectivity index (χ1v) is 14.4. The second kappa shape index (κ2) is 7.83. The Balaban J connectivity index is 1.47. The van der Waals surface area contributed by atoms with Gasteiger partial charge in [0.25, 0.3) is 0 Å². The summed E-state index contributed by atoms with van der Waals surface area (Å²) in [5, 5.41) is 9.48. The molecule has 0 heterocycles. The third kappa shape index (κ3) is 2.77. The van der Waals surface area contributed by atoms with Crippen LogP contribution < -0.4 is 0 Å². The van der Waals surface area contributed by atoms with Gasteiger partial charge in [0.05, 0.1) is 0 Å². The predicted octanol–water partition coefficient (Wildman–Crippen LogP) is 7.18. The van der Waals surface area contributed by atoms with E-state index in [1.807, 2.05) is 0 Å². The minimum absolute atomic E-state index is 0.0603. The van der Waals surface area contributed by atoms with Gasteiger partial charge in [-0.1, -0.05) is 40.7 Å². The fourth-order valence-electron chi connectivity index (χ4n) is 12.0. The number of ether oxygens (including phenoxy) is 1. The van der Waals surface area contributed by atoms with Gasteiger partial charge >= 0.3 is 5.97 Å². The SMILES string of the molecule is C=C[C@H](CCCO)[C@H]1CC[C@@]2(C)[C@@H]3CC[C@H]4C(C)(C)[C@@H](OC(C)=O)CC[C@@]45[C@@H](C)[C@@]35CC[C@]12C. The summed E-state index contributed by atoms with van der Waals surface area (Å²) in [5.74, 6) is 3.41. The summed E-state index contributed by atoms with van der Waals surface area (Å²) in [5.41, 5.74) is 1.78. The summed E-state index contributed by atoms with van der Waals surface area (Å²) < 4.78 is 5.91. The molecule has 5 saturated carbocycles. The molecule has 5 rings (SSSR count). The van der Waals surface area contributed by atoms with Crippen molar-refractivity contribution < 1.29 is 14.6 Å². The van der Waals surface area contributed by atoms with Crippen molar-refractivity contribution in [2.24, 2.45) is 56.7 Å². The molecule has 0 aliphatic heterocycles. The third-order valence-electron chi connectivity index (χ3n) is 13.6. The minimum atomic E-state index is -0.114. The second-order valence-corrected chi connectivity index (χ2v) is 14.2. The highest BCUT2D eigenvalue weighted by atomic mass is 16.5. The van der Waals surface area contributed by atoms with Crippen molar-refractivity contribution in [1.82, 2.24) is 0 Å². The second-order valence-electron chi connectivity index (χ2n) is 14.2. The van der Waals surface area contributed by atoms with Gasteiger partial charge in [-0.15, -0.1) is 6.58 Å². The number of hydrogen-bond donors (Lipinski definition) is 1. The van der Waals surface area contributed by atoms with Crippen LogP contribution in [0.5, 0.6) is 0 Å². The van der Waals surface area contributed by atoms with Crippen LogP contribution in [0.2, 0.25) is 0 Å². The van der Waals surface area contributed by atoms with Crippen LogP contribution in [-0.2, 0) is 9.53 Å². The van der Waals surface area contributed by atoms with Crippen LogP contribution in [0.4, 0.5) is 0 Å². The zero-order valence-electron chi connectivity index (χ0n) is 22.8. The molecule has 5 aliphatic carbocycles. The first kappa shape index (κ1) is 24.8. The molecular weight excluding hydrogens is 420 g/mol.